The van der Waals surface area contributed by atoms with Gasteiger partial charge in [0.2, 0.25) is 5.78 Å². The SMILES string of the molecule is COC(=O)CN1CCN(C2=C(F)C(=O)C3CC(C(=O)O)=CN(C4CC4)C3=C2)CC1. The molecule has 156 valence electrons. The number of nitrogens with zero attached hydrogens (tertiary/aromatic N) is 3. The van der Waals surface area contributed by atoms with Gasteiger partial charge in [0.25, 0.3) is 0 Å². The highest BCUT2D eigenvalue weighted by Crippen LogP contribution is 2.43. The number of allylic oxidation sites excluding steroid dienone is 3. The number of ketones is 1. The van der Waals surface area contributed by atoms with Crippen LogP contribution in [0.2, 0.25) is 0 Å². The Balaban J connectivity index is 1.56. The lowest BCUT2D eigenvalue weighted by Gasteiger charge is -2.40. The molecule has 9 heteroatoms. The monoisotopic (exact) mass is 405 g/mol. The van der Waals surface area contributed by atoms with Crippen LogP contribution in [0.15, 0.2) is 35.1 Å². The first kappa shape index (κ1) is 19.6. The van der Waals surface area contributed by atoms with E-state index in [-0.39, 0.29) is 36.2 Å². The minimum atomic E-state index is -1.07. The van der Waals surface area contributed by atoms with E-state index in [4.69, 9.17) is 0 Å². The Labute approximate surface area is 167 Å². The molecule has 0 aromatic heterocycles. The number of carbonyl (C=O) groups is 3. The lowest BCUT2D eigenvalue weighted by atomic mass is 9.84. The molecule has 0 radical (unpaired) electrons. The molecule has 0 spiro atoms. The second kappa shape index (κ2) is 7.62. The van der Waals surface area contributed by atoms with Crippen molar-refractivity contribution in [2.75, 3.05) is 39.8 Å². The molecule has 8 nitrogen and oxygen atoms in total. The number of aliphatic carboxylic acids is 1. The molecule has 4 aliphatic rings. The lowest BCUT2D eigenvalue weighted by Crippen LogP contribution is -2.48. The van der Waals surface area contributed by atoms with Crippen molar-refractivity contribution < 1.29 is 28.6 Å². The number of ether oxygens (including phenoxy) is 1. The van der Waals surface area contributed by atoms with E-state index in [1.807, 2.05) is 14.7 Å². The molecule has 0 aromatic carbocycles. The third kappa shape index (κ3) is 3.78. The fraction of sp³-hybridized carbons (Fsp3) is 0.550. The van der Waals surface area contributed by atoms with Crippen molar-refractivity contribution in [3.05, 3.63) is 35.1 Å². The van der Waals surface area contributed by atoms with E-state index >= 15 is 4.39 Å². The van der Waals surface area contributed by atoms with Crippen LogP contribution < -0.4 is 0 Å². The van der Waals surface area contributed by atoms with Crippen LogP contribution in [0.25, 0.3) is 0 Å². The van der Waals surface area contributed by atoms with Gasteiger partial charge >= 0.3 is 11.9 Å². The molecule has 29 heavy (non-hydrogen) atoms. The van der Waals surface area contributed by atoms with Crippen molar-refractivity contribution >= 4 is 17.7 Å². The van der Waals surface area contributed by atoms with Gasteiger partial charge in [0.1, 0.15) is 0 Å². The van der Waals surface area contributed by atoms with Crippen LogP contribution in [0.3, 0.4) is 0 Å². The second-order valence-electron chi connectivity index (χ2n) is 7.83. The highest BCUT2D eigenvalue weighted by Gasteiger charge is 2.44. The Kier molecular flexibility index (Phi) is 5.16. The summed E-state index contributed by atoms with van der Waals surface area (Å²) in [6.07, 6.45) is 5.18. The molecule has 2 aliphatic carbocycles. The minimum absolute atomic E-state index is 0.0107. The van der Waals surface area contributed by atoms with Crippen molar-refractivity contribution in [2.24, 2.45) is 5.92 Å². The van der Waals surface area contributed by atoms with E-state index in [9.17, 15) is 19.5 Å². The Morgan fingerprint density at radius 2 is 1.93 bits per heavy atom. The molecule has 0 bridgehead atoms. The number of piperazine rings is 1. The fourth-order valence-corrected chi connectivity index (χ4v) is 4.12. The first-order chi connectivity index (χ1) is 13.9. The first-order valence-electron chi connectivity index (χ1n) is 9.81. The van der Waals surface area contributed by atoms with Gasteiger partial charge < -0.3 is 19.6 Å². The van der Waals surface area contributed by atoms with E-state index in [0.717, 1.165) is 12.8 Å². The van der Waals surface area contributed by atoms with Gasteiger partial charge in [0.15, 0.2) is 5.83 Å². The number of carboxylic acid groups (broad SMARTS) is 1. The van der Waals surface area contributed by atoms with Crippen molar-refractivity contribution in [3.63, 3.8) is 0 Å². The number of rotatable bonds is 5. The molecule has 4 rings (SSSR count). The largest absolute Gasteiger partial charge is 0.478 e. The van der Waals surface area contributed by atoms with Crippen molar-refractivity contribution in [1.29, 1.82) is 0 Å². The summed E-state index contributed by atoms with van der Waals surface area (Å²) < 4.78 is 19.7. The molecular weight excluding hydrogens is 381 g/mol. The highest BCUT2D eigenvalue weighted by molar-refractivity contribution is 6.01. The topological polar surface area (TPSA) is 90.4 Å². The van der Waals surface area contributed by atoms with Gasteiger partial charge in [-0.15, -0.1) is 0 Å². The maximum Gasteiger partial charge on any atom is 0.333 e. The summed E-state index contributed by atoms with van der Waals surface area (Å²) in [5.41, 5.74) is 1.09. The molecule has 1 atom stereocenters. The van der Waals surface area contributed by atoms with Crippen molar-refractivity contribution in [2.45, 2.75) is 25.3 Å². The van der Waals surface area contributed by atoms with Crippen LogP contribution in [0.1, 0.15) is 19.3 Å². The first-order valence-corrected chi connectivity index (χ1v) is 9.81. The van der Waals surface area contributed by atoms with Gasteiger partial charge in [-0.25, -0.2) is 9.18 Å². The predicted octanol–water partition coefficient (Wildman–Crippen LogP) is 0.878. The summed E-state index contributed by atoms with van der Waals surface area (Å²) >= 11 is 0. The van der Waals surface area contributed by atoms with Crippen LogP contribution in [0.4, 0.5) is 4.39 Å². The minimum Gasteiger partial charge on any atom is -0.478 e. The highest BCUT2D eigenvalue weighted by atomic mass is 19.1. The zero-order valence-corrected chi connectivity index (χ0v) is 16.3. The third-order valence-corrected chi connectivity index (χ3v) is 5.92. The molecule has 1 N–H and O–H groups in total. The standard InChI is InChI=1S/C20H24FN3O5/c1-29-17(25)11-22-4-6-23(7-5-22)16-9-15-14(19(26)18(16)21)8-12(20(27)28)10-24(15)13-2-3-13/h9-10,13-14H,2-8,11H2,1H3,(H,27,28). The molecule has 1 saturated heterocycles. The average molecular weight is 405 g/mol. The van der Waals surface area contributed by atoms with E-state index in [1.54, 1.807) is 12.3 Å². The number of carboxylic acids is 1. The number of esters is 1. The zero-order chi connectivity index (χ0) is 20.7. The third-order valence-electron chi connectivity index (χ3n) is 5.92. The molecule has 2 heterocycles. The number of methoxy groups -OCH3 is 1. The number of hydrogen-bond acceptors (Lipinski definition) is 7. The number of halogens is 1. The molecule has 2 fully saturated rings. The van der Waals surface area contributed by atoms with Crippen molar-refractivity contribution in [3.8, 4) is 0 Å². The van der Waals surface area contributed by atoms with E-state index in [0.29, 0.717) is 31.9 Å². The smallest absolute Gasteiger partial charge is 0.333 e. The summed E-state index contributed by atoms with van der Waals surface area (Å²) in [7, 11) is 1.34. The average Bonchev–Trinajstić information content (AvgIpc) is 3.55. The number of fused-ring (bicyclic) bond motifs is 1. The number of Topliss-reactive ketones (excluding diaryl/α,β-unsaturated/α-hetero) is 1. The zero-order valence-electron chi connectivity index (χ0n) is 16.3. The van der Waals surface area contributed by atoms with Gasteiger partial charge in [-0.3, -0.25) is 14.5 Å². The van der Waals surface area contributed by atoms with Gasteiger partial charge in [0.05, 0.1) is 30.8 Å². The van der Waals surface area contributed by atoms with Crippen LogP contribution in [-0.4, -0.2) is 83.4 Å². The van der Waals surface area contributed by atoms with Gasteiger partial charge in [-0.05, 0) is 25.3 Å². The molecule has 1 saturated carbocycles. The number of carbonyl (C=O) groups excluding carboxylic acids is 2. The summed E-state index contributed by atoms with van der Waals surface area (Å²) in [5, 5.41) is 9.38. The lowest BCUT2D eigenvalue weighted by molar-refractivity contribution is -0.142. The molecule has 1 unspecified atom stereocenters. The Hall–Kier alpha value is -2.68. The predicted molar refractivity (Wildman–Crippen MR) is 99.9 cm³/mol. The van der Waals surface area contributed by atoms with Crippen molar-refractivity contribution in [1.82, 2.24) is 14.7 Å². The van der Waals surface area contributed by atoms with Crippen LogP contribution in [-0.2, 0) is 19.1 Å². The van der Waals surface area contributed by atoms with E-state index < -0.39 is 23.5 Å². The normalized spacial score (nSPS) is 25.4. The summed E-state index contributed by atoms with van der Waals surface area (Å²) in [6.45, 7) is 2.28. The molecular formula is C20H24FN3O5. The van der Waals surface area contributed by atoms with E-state index in [1.165, 1.54) is 7.11 Å². The Morgan fingerprint density at radius 3 is 2.52 bits per heavy atom. The van der Waals surface area contributed by atoms with Crippen LogP contribution in [0, 0.1) is 5.92 Å². The Bertz CT molecular complexity index is 837. The summed E-state index contributed by atoms with van der Waals surface area (Å²) in [6, 6.07) is 0.172. The van der Waals surface area contributed by atoms with Gasteiger partial charge in [0, 0.05) is 44.1 Å². The molecule has 2 aliphatic heterocycles. The maximum absolute atomic E-state index is 15.0. The molecule has 0 aromatic rings. The van der Waals surface area contributed by atoms with Crippen LogP contribution >= 0.6 is 0 Å². The summed E-state index contributed by atoms with van der Waals surface area (Å²) in [5.74, 6) is -3.62. The Morgan fingerprint density at radius 1 is 1.24 bits per heavy atom. The number of hydrogen-bond donors (Lipinski definition) is 1. The summed E-state index contributed by atoms with van der Waals surface area (Å²) in [4.78, 5) is 41.3. The van der Waals surface area contributed by atoms with E-state index in [2.05, 4.69) is 4.74 Å². The second-order valence-corrected chi connectivity index (χ2v) is 7.83. The maximum atomic E-state index is 15.0. The molecule has 0 amide bonds. The van der Waals surface area contributed by atoms with Gasteiger partial charge in [-0.1, -0.05) is 0 Å². The fourth-order valence-electron chi connectivity index (χ4n) is 4.12. The van der Waals surface area contributed by atoms with Crippen LogP contribution in [0.5, 0.6) is 0 Å². The quantitative estimate of drug-likeness (QED) is 0.674. The van der Waals surface area contributed by atoms with Gasteiger partial charge in [-0.2, -0.15) is 0 Å².